The predicted octanol–water partition coefficient (Wildman–Crippen LogP) is 3.17. The topological polar surface area (TPSA) is 21.7 Å². The van der Waals surface area contributed by atoms with Crippen molar-refractivity contribution in [2.75, 3.05) is 32.9 Å². The normalized spacial score (nSPS) is 17.2. The maximum atomic E-state index is 5.67. The summed E-state index contributed by atoms with van der Waals surface area (Å²) in [5, 5.41) is 2.04. The quantitative estimate of drug-likeness (QED) is 0.433. The number of ether oxygens (including phenoxy) is 1. The van der Waals surface area contributed by atoms with Crippen molar-refractivity contribution >= 4 is 0 Å². The Morgan fingerprint density at radius 3 is 2.35 bits per heavy atom. The van der Waals surface area contributed by atoms with Gasteiger partial charge in [-0.1, -0.05) is 31.8 Å². The fraction of sp³-hybridized carbons (Fsp3) is 0.857. The maximum Gasteiger partial charge on any atom is 0.0685 e. The third-order valence-corrected chi connectivity index (χ3v) is 3.05. The number of hydroxylamine groups is 2. The van der Waals surface area contributed by atoms with Crippen molar-refractivity contribution in [3.05, 3.63) is 12.7 Å². The molecule has 0 aliphatic carbocycles. The van der Waals surface area contributed by atoms with Gasteiger partial charge in [-0.25, -0.2) is 0 Å². The number of morpholine rings is 1. The van der Waals surface area contributed by atoms with Crippen molar-refractivity contribution < 1.29 is 9.57 Å². The van der Waals surface area contributed by atoms with E-state index in [0.717, 1.165) is 32.9 Å². The van der Waals surface area contributed by atoms with Gasteiger partial charge in [-0.3, -0.25) is 4.84 Å². The minimum Gasteiger partial charge on any atom is -0.379 e. The zero-order valence-corrected chi connectivity index (χ0v) is 11.0. The van der Waals surface area contributed by atoms with E-state index in [1.54, 1.807) is 0 Å². The molecule has 0 amide bonds. The Kier molecular flexibility index (Phi) is 9.29. The first-order valence-electron chi connectivity index (χ1n) is 7.00. The van der Waals surface area contributed by atoms with Gasteiger partial charge in [0.2, 0.25) is 0 Å². The van der Waals surface area contributed by atoms with Gasteiger partial charge in [0, 0.05) is 13.1 Å². The molecule has 0 atom stereocenters. The molecule has 0 aromatic rings. The van der Waals surface area contributed by atoms with Crippen LogP contribution in [0.5, 0.6) is 0 Å². The van der Waals surface area contributed by atoms with Crippen LogP contribution >= 0.6 is 0 Å². The van der Waals surface area contributed by atoms with Crippen LogP contribution in [-0.4, -0.2) is 38.0 Å². The fourth-order valence-electron chi connectivity index (χ4n) is 1.97. The van der Waals surface area contributed by atoms with Crippen molar-refractivity contribution in [3.63, 3.8) is 0 Å². The summed E-state index contributed by atoms with van der Waals surface area (Å²) in [5.74, 6) is 0. The molecule has 0 spiro atoms. The number of allylic oxidation sites excluding steroid dienone is 1. The first-order valence-corrected chi connectivity index (χ1v) is 7.00. The highest BCUT2D eigenvalue weighted by molar-refractivity contribution is 4.65. The Bertz CT molecular complexity index is 179. The first-order chi connectivity index (χ1) is 8.43. The summed E-state index contributed by atoms with van der Waals surface area (Å²) in [7, 11) is 0. The van der Waals surface area contributed by atoms with Gasteiger partial charge in [0.25, 0.3) is 0 Å². The number of hydrogen-bond donors (Lipinski definition) is 0. The molecule has 0 unspecified atom stereocenters. The lowest BCUT2D eigenvalue weighted by Gasteiger charge is -2.25. The highest BCUT2D eigenvalue weighted by Crippen LogP contribution is 2.08. The minimum atomic E-state index is 0.809. The zero-order chi connectivity index (χ0) is 12.2. The Morgan fingerprint density at radius 2 is 1.65 bits per heavy atom. The van der Waals surface area contributed by atoms with Crippen molar-refractivity contribution in [3.8, 4) is 0 Å². The summed E-state index contributed by atoms with van der Waals surface area (Å²) in [6.45, 7) is 8.06. The Balaban J connectivity index is 1.76. The van der Waals surface area contributed by atoms with Crippen LogP contribution in [-0.2, 0) is 9.57 Å². The molecule has 0 bridgehead atoms. The monoisotopic (exact) mass is 241 g/mol. The molecule has 0 aromatic carbocycles. The SMILES string of the molecule is C=CCCCCCCCCON1CCOCC1. The van der Waals surface area contributed by atoms with E-state index in [9.17, 15) is 0 Å². The molecule has 17 heavy (non-hydrogen) atoms. The predicted molar refractivity (Wildman–Crippen MR) is 70.9 cm³/mol. The van der Waals surface area contributed by atoms with Crippen LogP contribution in [0.4, 0.5) is 0 Å². The average molecular weight is 241 g/mol. The summed E-state index contributed by atoms with van der Waals surface area (Å²) < 4.78 is 5.26. The third kappa shape index (κ3) is 8.36. The van der Waals surface area contributed by atoms with Gasteiger partial charge in [-0.15, -0.1) is 6.58 Å². The summed E-state index contributed by atoms with van der Waals surface area (Å²) >= 11 is 0. The van der Waals surface area contributed by atoms with Gasteiger partial charge in [0.05, 0.1) is 19.8 Å². The molecular weight excluding hydrogens is 214 g/mol. The summed E-state index contributed by atoms with van der Waals surface area (Å²) in [6, 6.07) is 0. The molecule has 1 aliphatic heterocycles. The molecule has 100 valence electrons. The van der Waals surface area contributed by atoms with Gasteiger partial charge in [0.1, 0.15) is 0 Å². The third-order valence-electron chi connectivity index (χ3n) is 3.05. The lowest BCUT2D eigenvalue weighted by Crippen LogP contribution is -2.36. The van der Waals surface area contributed by atoms with E-state index in [4.69, 9.17) is 9.57 Å². The number of unbranched alkanes of at least 4 members (excludes halogenated alkanes) is 6. The standard InChI is InChI=1S/C14H27NO2/c1-2-3-4-5-6-7-8-9-12-17-15-10-13-16-14-11-15/h2H,1,3-14H2. The largest absolute Gasteiger partial charge is 0.379 e. The molecule has 1 saturated heterocycles. The molecule has 0 saturated carbocycles. The molecule has 1 rings (SSSR count). The second kappa shape index (κ2) is 10.8. The van der Waals surface area contributed by atoms with E-state index in [1.165, 1.54) is 44.9 Å². The van der Waals surface area contributed by atoms with Crippen LogP contribution in [0, 0.1) is 0 Å². The molecule has 0 N–H and O–H groups in total. The maximum absolute atomic E-state index is 5.67. The van der Waals surface area contributed by atoms with Crippen LogP contribution in [0.1, 0.15) is 44.9 Å². The van der Waals surface area contributed by atoms with Crippen LogP contribution in [0.15, 0.2) is 12.7 Å². The lowest BCUT2D eigenvalue weighted by atomic mass is 10.1. The van der Waals surface area contributed by atoms with Crippen molar-refractivity contribution in [1.29, 1.82) is 0 Å². The van der Waals surface area contributed by atoms with Crippen molar-refractivity contribution in [1.82, 2.24) is 5.06 Å². The minimum absolute atomic E-state index is 0.809. The van der Waals surface area contributed by atoms with E-state index in [0.29, 0.717) is 0 Å². The number of hydrogen-bond acceptors (Lipinski definition) is 3. The summed E-state index contributed by atoms with van der Waals surface area (Å²) in [5.41, 5.74) is 0. The molecular formula is C14H27NO2. The molecule has 3 nitrogen and oxygen atoms in total. The number of rotatable bonds is 10. The summed E-state index contributed by atoms with van der Waals surface area (Å²) in [4.78, 5) is 5.67. The summed E-state index contributed by atoms with van der Waals surface area (Å²) in [6.07, 6.45) is 11.0. The molecule has 1 heterocycles. The molecule has 0 radical (unpaired) electrons. The van der Waals surface area contributed by atoms with E-state index in [2.05, 4.69) is 6.58 Å². The second-order valence-electron chi connectivity index (χ2n) is 4.57. The molecule has 3 heteroatoms. The van der Waals surface area contributed by atoms with Gasteiger partial charge in [-0.2, -0.15) is 5.06 Å². The lowest BCUT2D eigenvalue weighted by molar-refractivity contribution is -0.194. The Morgan fingerprint density at radius 1 is 1.00 bits per heavy atom. The van der Waals surface area contributed by atoms with Gasteiger partial charge in [0.15, 0.2) is 0 Å². The Hall–Kier alpha value is -0.380. The van der Waals surface area contributed by atoms with E-state index in [1.807, 2.05) is 11.1 Å². The van der Waals surface area contributed by atoms with Crippen molar-refractivity contribution in [2.45, 2.75) is 44.9 Å². The van der Waals surface area contributed by atoms with Gasteiger partial charge < -0.3 is 4.74 Å². The Labute approximate surface area is 106 Å². The highest BCUT2D eigenvalue weighted by Gasteiger charge is 2.09. The smallest absolute Gasteiger partial charge is 0.0685 e. The average Bonchev–Trinajstić information content (AvgIpc) is 2.38. The van der Waals surface area contributed by atoms with E-state index in [-0.39, 0.29) is 0 Å². The van der Waals surface area contributed by atoms with Gasteiger partial charge in [-0.05, 0) is 19.3 Å². The zero-order valence-electron chi connectivity index (χ0n) is 11.0. The first kappa shape index (κ1) is 14.7. The van der Waals surface area contributed by atoms with Crippen molar-refractivity contribution in [2.24, 2.45) is 0 Å². The van der Waals surface area contributed by atoms with Crippen LogP contribution in [0.25, 0.3) is 0 Å². The van der Waals surface area contributed by atoms with Crippen LogP contribution in [0.3, 0.4) is 0 Å². The molecule has 0 aromatic heterocycles. The fourth-order valence-corrected chi connectivity index (χ4v) is 1.97. The highest BCUT2D eigenvalue weighted by atomic mass is 16.7. The van der Waals surface area contributed by atoms with Gasteiger partial charge >= 0.3 is 0 Å². The van der Waals surface area contributed by atoms with E-state index < -0.39 is 0 Å². The van der Waals surface area contributed by atoms with Crippen LogP contribution < -0.4 is 0 Å². The number of nitrogens with zero attached hydrogens (tertiary/aromatic N) is 1. The second-order valence-corrected chi connectivity index (χ2v) is 4.57. The van der Waals surface area contributed by atoms with Crippen LogP contribution in [0.2, 0.25) is 0 Å². The molecule has 1 fully saturated rings. The van der Waals surface area contributed by atoms with E-state index >= 15 is 0 Å². The molecule has 1 aliphatic rings.